The van der Waals surface area contributed by atoms with E-state index in [1.54, 1.807) is 12.1 Å². The van der Waals surface area contributed by atoms with Crippen LogP contribution in [0.3, 0.4) is 0 Å². The average Bonchev–Trinajstić information content (AvgIpc) is 2.32. The van der Waals surface area contributed by atoms with Gasteiger partial charge in [0.2, 0.25) is 0 Å². The van der Waals surface area contributed by atoms with E-state index in [2.05, 4.69) is 31.9 Å². The summed E-state index contributed by atoms with van der Waals surface area (Å²) in [7, 11) is 0. The number of anilines is 1. The lowest BCUT2D eigenvalue weighted by molar-refractivity contribution is 0.482. The first kappa shape index (κ1) is 14.9. The maximum absolute atomic E-state index is 13.3. The van der Waals surface area contributed by atoms with E-state index in [0.29, 0.717) is 20.3 Å². The van der Waals surface area contributed by atoms with E-state index in [1.165, 1.54) is 6.07 Å². The first-order valence-corrected chi connectivity index (χ1v) is 7.29. The normalized spacial score (nSPS) is 10.6. The van der Waals surface area contributed by atoms with E-state index in [0.717, 1.165) is 6.07 Å². The smallest absolute Gasteiger partial charge is 0.151 e. The Labute approximate surface area is 135 Å². The number of nitrogen functional groups attached to an aromatic ring is 1. The van der Waals surface area contributed by atoms with Crippen LogP contribution >= 0.6 is 55.1 Å². The van der Waals surface area contributed by atoms with Crippen molar-refractivity contribution in [3.63, 3.8) is 0 Å². The molecular formula is C12H6Br2Cl2FNO. The molecule has 2 aromatic rings. The highest BCUT2D eigenvalue weighted by Gasteiger charge is 2.12. The number of rotatable bonds is 2. The fourth-order valence-electron chi connectivity index (χ4n) is 1.33. The molecule has 0 saturated heterocycles. The molecule has 7 heteroatoms. The summed E-state index contributed by atoms with van der Waals surface area (Å²) in [6.45, 7) is 0. The van der Waals surface area contributed by atoms with Crippen molar-refractivity contribution in [3.05, 3.63) is 49.1 Å². The summed E-state index contributed by atoms with van der Waals surface area (Å²) in [5.74, 6) is 0.151. The molecule has 2 nitrogen and oxygen atoms in total. The van der Waals surface area contributed by atoms with Gasteiger partial charge >= 0.3 is 0 Å². The van der Waals surface area contributed by atoms with Gasteiger partial charge in [-0.15, -0.1) is 0 Å². The molecule has 2 N–H and O–H groups in total. The van der Waals surface area contributed by atoms with Crippen LogP contribution in [0, 0.1) is 5.82 Å². The standard InChI is InChI=1S/C12H6Br2Cl2FNO/c13-5-1-8(16)11(3-7(5)15)19-12-2-6(14)9(17)4-10(12)18/h1-4H,18H2. The van der Waals surface area contributed by atoms with E-state index >= 15 is 0 Å². The van der Waals surface area contributed by atoms with Crippen LogP contribution < -0.4 is 10.5 Å². The summed E-state index contributed by atoms with van der Waals surface area (Å²) in [5.41, 5.74) is 5.85. The minimum atomic E-state index is -0.468. The minimum absolute atomic E-state index is 0.163. The zero-order valence-corrected chi connectivity index (χ0v) is 13.9. The summed E-state index contributed by atoms with van der Waals surface area (Å²) in [6, 6.07) is 5.74. The van der Waals surface area contributed by atoms with Gasteiger partial charge in [-0.1, -0.05) is 23.2 Å². The Balaban J connectivity index is 2.42. The number of benzene rings is 2. The third kappa shape index (κ3) is 3.34. The maximum atomic E-state index is 13.3. The van der Waals surface area contributed by atoms with Crippen molar-refractivity contribution in [3.8, 4) is 11.5 Å². The predicted octanol–water partition coefficient (Wildman–Crippen LogP) is 6.03. The Hall–Kier alpha value is -0.490. The van der Waals surface area contributed by atoms with Crippen molar-refractivity contribution in [2.75, 3.05) is 5.73 Å². The molecule has 0 aliphatic carbocycles. The summed E-state index contributed by atoms with van der Waals surface area (Å²) < 4.78 is 19.7. The molecule has 0 fully saturated rings. The van der Waals surface area contributed by atoms with E-state index in [9.17, 15) is 4.39 Å². The van der Waals surface area contributed by atoms with Gasteiger partial charge in [-0.3, -0.25) is 0 Å². The van der Waals surface area contributed by atoms with E-state index in [1.807, 2.05) is 0 Å². The maximum Gasteiger partial charge on any atom is 0.151 e. The Morgan fingerprint density at radius 2 is 1.63 bits per heavy atom. The fraction of sp³-hybridized carbons (Fsp3) is 0. The van der Waals surface area contributed by atoms with Gasteiger partial charge in [0.05, 0.1) is 20.2 Å². The van der Waals surface area contributed by atoms with Crippen LogP contribution in [0.2, 0.25) is 10.0 Å². The summed E-state index contributed by atoms with van der Waals surface area (Å²) in [6.07, 6.45) is 0. The highest BCUT2D eigenvalue weighted by Crippen LogP contribution is 2.39. The van der Waals surface area contributed by atoms with Crippen LogP contribution in [0.15, 0.2) is 33.2 Å². The minimum Gasteiger partial charge on any atom is -0.454 e. The zero-order valence-electron chi connectivity index (χ0n) is 9.18. The Bertz CT molecular complexity index is 597. The number of ether oxygens (including phenoxy) is 1. The lowest BCUT2D eigenvalue weighted by Gasteiger charge is -2.11. The van der Waals surface area contributed by atoms with Gasteiger partial charge in [-0.25, -0.2) is 4.39 Å². The zero-order chi connectivity index (χ0) is 14.2. The van der Waals surface area contributed by atoms with Crippen molar-refractivity contribution >= 4 is 60.7 Å². The van der Waals surface area contributed by atoms with Crippen LogP contribution in [0.1, 0.15) is 0 Å². The second-order valence-electron chi connectivity index (χ2n) is 3.60. The molecule has 0 aliphatic rings. The first-order chi connectivity index (χ1) is 8.88. The van der Waals surface area contributed by atoms with Crippen LogP contribution in [0.25, 0.3) is 0 Å². The molecule has 0 amide bonds. The third-order valence-electron chi connectivity index (χ3n) is 2.25. The van der Waals surface area contributed by atoms with Crippen LogP contribution in [0.4, 0.5) is 10.1 Å². The van der Waals surface area contributed by atoms with Crippen molar-refractivity contribution in [1.82, 2.24) is 0 Å². The molecule has 0 spiro atoms. The van der Waals surface area contributed by atoms with E-state index < -0.39 is 5.82 Å². The lowest BCUT2D eigenvalue weighted by Crippen LogP contribution is -1.94. The highest BCUT2D eigenvalue weighted by molar-refractivity contribution is 9.10. The van der Waals surface area contributed by atoms with Crippen molar-refractivity contribution in [2.24, 2.45) is 0 Å². The van der Waals surface area contributed by atoms with Gasteiger partial charge in [0, 0.05) is 22.7 Å². The molecule has 0 aromatic heterocycles. The predicted molar refractivity (Wildman–Crippen MR) is 82.7 cm³/mol. The third-order valence-corrected chi connectivity index (χ3v) is 4.35. The Morgan fingerprint density at radius 1 is 0.947 bits per heavy atom. The Morgan fingerprint density at radius 3 is 2.32 bits per heavy atom. The van der Waals surface area contributed by atoms with E-state index in [4.69, 9.17) is 33.7 Å². The molecule has 0 bridgehead atoms. The molecule has 0 saturated carbocycles. The van der Waals surface area contributed by atoms with Gasteiger partial charge in [-0.2, -0.15) is 0 Å². The summed E-state index contributed by atoms with van der Waals surface area (Å²) >= 11 is 18.3. The molecule has 0 unspecified atom stereocenters. The second kappa shape index (κ2) is 5.87. The van der Waals surface area contributed by atoms with Crippen LogP contribution in [-0.4, -0.2) is 0 Å². The van der Waals surface area contributed by atoms with Crippen molar-refractivity contribution in [1.29, 1.82) is 0 Å². The SMILES string of the molecule is Nc1cc(F)c(Br)cc1Oc1cc(Cl)c(Br)cc1Cl. The summed E-state index contributed by atoms with van der Waals surface area (Å²) in [4.78, 5) is 0. The molecule has 0 heterocycles. The average molecular weight is 430 g/mol. The molecular weight excluding hydrogens is 424 g/mol. The Kier molecular flexibility index (Phi) is 4.61. The number of nitrogens with two attached hydrogens (primary N) is 1. The lowest BCUT2D eigenvalue weighted by atomic mass is 10.3. The topological polar surface area (TPSA) is 35.2 Å². The van der Waals surface area contributed by atoms with Gasteiger partial charge in [-0.05, 0) is 37.9 Å². The fourth-order valence-corrected chi connectivity index (χ4v) is 2.49. The highest BCUT2D eigenvalue weighted by atomic mass is 79.9. The molecule has 2 rings (SSSR count). The van der Waals surface area contributed by atoms with Crippen LogP contribution in [-0.2, 0) is 0 Å². The molecule has 2 aromatic carbocycles. The quantitative estimate of drug-likeness (QED) is 0.467. The second-order valence-corrected chi connectivity index (χ2v) is 6.13. The van der Waals surface area contributed by atoms with Crippen molar-refractivity contribution in [2.45, 2.75) is 0 Å². The number of hydrogen-bond acceptors (Lipinski definition) is 2. The number of hydrogen-bond donors (Lipinski definition) is 1. The number of halogens is 5. The van der Waals surface area contributed by atoms with Gasteiger partial charge < -0.3 is 10.5 Å². The molecule has 0 radical (unpaired) electrons. The molecule has 100 valence electrons. The monoisotopic (exact) mass is 427 g/mol. The van der Waals surface area contributed by atoms with Gasteiger partial charge in [0.15, 0.2) is 5.75 Å². The molecule has 19 heavy (non-hydrogen) atoms. The van der Waals surface area contributed by atoms with Gasteiger partial charge in [0.25, 0.3) is 0 Å². The summed E-state index contributed by atoms with van der Waals surface area (Å²) in [5, 5.41) is 0.801. The van der Waals surface area contributed by atoms with Crippen LogP contribution in [0.5, 0.6) is 11.5 Å². The first-order valence-electron chi connectivity index (χ1n) is 4.95. The molecule has 0 aliphatic heterocycles. The largest absolute Gasteiger partial charge is 0.454 e. The molecule has 0 atom stereocenters. The van der Waals surface area contributed by atoms with Crippen molar-refractivity contribution < 1.29 is 9.13 Å². The van der Waals surface area contributed by atoms with Gasteiger partial charge in [0.1, 0.15) is 11.6 Å². The van der Waals surface area contributed by atoms with E-state index in [-0.39, 0.29) is 15.9 Å².